The average Bonchev–Trinajstić information content (AvgIpc) is 2.65. The first-order valence-corrected chi connectivity index (χ1v) is 11.3. The quantitative estimate of drug-likeness (QED) is 0.609. The molecular formula is C24H41N. The van der Waals surface area contributed by atoms with Gasteiger partial charge in [-0.2, -0.15) is 0 Å². The summed E-state index contributed by atoms with van der Waals surface area (Å²) in [6.07, 6.45) is 15.5. The molecule has 3 aliphatic rings. The van der Waals surface area contributed by atoms with Gasteiger partial charge in [0.2, 0.25) is 0 Å². The molecule has 3 saturated carbocycles. The van der Waals surface area contributed by atoms with E-state index in [1.54, 1.807) is 0 Å². The molecule has 25 heavy (non-hydrogen) atoms. The van der Waals surface area contributed by atoms with E-state index in [4.69, 9.17) is 5.73 Å². The Bertz CT molecular complexity index is 444. The lowest BCUT2D eigenvalue weighted by Crippen LogP contribution is -2.40. The highest BCUT2D eigenvalue weighted by Gasteiger charge is 2.31. The number of nitrogens with two attached hydrogens (primary N) is 1. The van der Waals surface area contributed by atoms with Crippen molar-refractivity contribution < 1.29 is 0 Å². The molecule has 3 rings (SSSR count). The van der Waals surface area contributed by atoms with E-state index in [2.05, 4.69) is 32.6 Å². The third kappa shape index (κ3) is 5.03. The van der Waals surface area contributed by atoms with E-state index in [0.29, 0.717) is 29.7 Å². The van der Waals surface area contributed by atoms with Crippen molar-refractivity contribution in [2.24, 2.45) is 47.2 Å². The Morgan fingerprint density at radius 3 is 1.72 bits per heavy atom. The largest absolute Gasteiger partial charge is 0.327 e. The van der Waals surface area contributed by atoms with Gasteiger partial charge in [0.05, 0.1) is 0 Å². The molecule has 0 aromatic rings. The molecule has 0 heterocycles. The van der Waals surface area contributed by atoms with Crippen LogP contribution in [-0.2, 0) is 0 Å². The van der Waals surface area contributed by atoms with Gasteiger partial charge in [-0.15, -0.1) is 0 Å². The van der Waals surface area contributed by atoms with Crippen LogP contribution in [0, 0.1) is 53.3 Å². The molecule has 1 nitrogen and oxygen atoms in total. The molecule has 3 aliphatic carbocycles. The van der Waals surface area contributed by atoms with Gasteiger partial charge in [0.15, 0.2) is 0 Å². The van der Waals surface area contributed by atoms with Crippen LogP contribution in [0.3, 0.4) is 0 Å². The summed E-state index contributed by atoms with van der Waals surface area (Å²) in [7, 11) is 0. The molecule has 0 aromatic carbocycles. The van der Waals surface area contributed by atoms with Gasteiger partial charge in [-0.25, -0.2) is 0 Å². The summed E-state index contributed by atoms with van der Waals surface area (Å²) in [6, 6.07) is 0.385. The van der Waals surface area contributed by atoms with Crippen LogP contribution in [0.15, 0.2) is 0 Å². The second kappa shape index (κ2) is 8.94. The van der Waals surface area contributed by atoms with Gasteiger partial charge < -0.3 is 5.73 Å². The second-order valence-electron chi connectivity index (χ2n) is 9.79. The topological polar surface area (TPSA) is 26.0 Å². The van der Waals surface area contributed by atoms with Gasteiger partial charge in [0.1, 0.15) is 0 Å². The Morgan fingerprint density at radius 1 is 0.720 bits per heavy atom. The fourth-order valence-electron chi connectivity index (χ4n) is 6.03. The maximum Gasteiger partial charge on any atom is 0.0209 e. The van der Waals surface area contributed by atoms with E-state index < -0.39 is 0 Å². The molecule has 2 atom stereocenters. The van der Waals surface area contributed by atoms with Gasteiger partial charge >= 0.3 is 0 Å². The third-order valence-electron chi connectivity index (χ3n) is 8.03. The molecule has 1 heteroatoms. The van der Waals surface area contributed by atoms with Crippen molar-refractivity contribution in [3.8, 4) is 11.8 Å². The van der Waals surface area contributed by atoms with Crippen LogP contribution in [0.2, 0.25) is 0 Å². The predicted molar refractivity (Wildman–Crippen MR) is 108 cm³/mol. The van der Waals surface area contributed by atoms with E-state index in [0.717, 1.165) is 17.8 Å². The molecular weight excluding hydrogens is 302 g/mol. The molecule has 142 valence electrons. The zero-order valence-electron chi connectivity index (χ0n) is 17.0. The first kappa shape index (κ1) is 19.3. The fraction of sp³-hybridized carbons (Fsp3) is 0.917. The standard InChI is InChI=1S/C24H41N/c1-4-19-7-11-22(12-8-19)23-13-9-20(10-14-23)5-6-21-15-17(2)24(25)18(3)16-21/h17-24H,4,7-16,25H2,1-3H3. The highest BCUT2D eigenvalue weighted by molar-refractivity contribution is 5.10. The summed E-state index contributed by atoms with van der Waals surface area (Å²) < 4.78 is 0. The van der Waals surface area contributed by atoms with Gasteiger partial charge in [-0.1, -0.05) is 51.9 Å². The lowest BCUT2D eigenvalue weighted by atomic mass is 9.69. The van der Waals surface area contributed by atoms with Crippen LogP contribution in [0.25, 0.3) is 0 Å². The molecule has 0 amide bonds. The summed E-state index contributed by atoms with van der Waals surface area (Å²) in [4.78, 5) is 0. The summed E-state index contributed by atoms with van der Waals surface area (Å²) in [5.41, 5.74) is 6.28. The zero-order chi connectivity index (χ0) is 17.8. The van der Waals surface area contributed by atoms with Crippen LogP contribution in [-0.4, -0.2) is 6.04 Å². The predicted octanol–water partition coefficient (Wildman–Crippen LogP) is 6.02. The Hall–Kier alpha value is -0.480. The Balaban J connectivity index is 1.43. The van der Waals surface area contributed by atoms with Crippen molar-refractivity contribution in [3.63, 3.8) is 0 Å². The zero-order valence-corrected chi connectivity index (χ0v) is 17.0. The minimum absolute atomic E-state index is 0.385. The molecule has 0 aliphatic heterocycles. The summed E-state index contributed by atoms with van der Waals surface area (Å²) in [6.45, 7) is 7.00. The lowest BCUT2D eigenvalue weighted by Gasteiger charge is -2.37. The molecule has 0 bridgehead atoms. The van der Waals surface area contributed by atoms with Crippen LogP contribution in [0.4, 0.5) is 0 Å². The van der Waals surface area contributed by atoms with Crippen molar-refractivity contribution in [3.05, 3.63) is 0 Å². The van der Waals surface area contributed by atoms with E-state index in [1.807, 2.05) is 0 Å². The normalized spacial score (nSPS) is 45.4. The first-order valence-electron chi connectivity index (χ1n) is 11.3. The molecule has 2 N–H and O–H groups in total. The Labute approximate surface area is 156 Å². The smallest absolute Gasteiger partial charge is 0.0209 e. The first-order chi connectivity index (χ1) is 12.1. The summed E-state index contributed by atoms with van der Waals surface area (Å²) in [5.74, 6) is 13.0. The molecule has 2 unspecified atom stereocenters. The minimum atomic E-state index is 0.385. The number of rotatable bonds is 2. The van der Waals surface area contributed by atoms with Crippen LogP contribution >= 0.6 is 0 Å². The SMILES string of the molecule is CCC1CCC(C2CCC(C#CC3CC(C)C(N)C(C)C3)CC2)CC1. The van der Waals surface area contributed by atoms with E-state index in [-0.39, 0.29) is 0 Å². The Morgan fingerprint density at radius 2 is 1.20 bits per heavy atom. The van der Waals surface area contributed by atoms with Crippen molar-refractivity contribution in [1.29, 1.82) is 0 Å². The van der Waals surface area contributed by atoms with Crippen LogP contribution in [0.5, 0.6) is 0 Å². The molecule has 3 fully saturated rings. The van der Waals surface area contributed by atoms with E-state index >= 15 is 0 Å². The van der Waals surface area contributed by atoms with E-state index in [1.165, 1.54) is 70.6 Å². The molecule has 0 aromatic heterocycles. The van der Waals surface area contributed by atoms with Crippen molar-refractivity contribution in [1.82, 2.24) is 0 Å². The van der Waals surface area contributed by atoms with E-state index in [9.17, 15) is 0 Å². The third-order valence-corrected chi connectivity index (χ3v) is 8.03. The molecule has 0 saturated heterocycles. The highest BCUT2D eigenvalue weighted by Crippen LogP contribution is 2.42. The van der Waals surface area contributed by atoms with Crippen molar-refractivity contribution in [2.75, 3.05) is 0 Å². The van der Waals surface area contributed by atoms with Crippen molar-refractivity contribution >= 4 is 0 Å². The molecule has 0 spiro atoms. The van der Waals surface area contributed by atoms with Gasteiger partial charge in [-0.3, -0.25) is 0 Å². The lowest BCUT2D eigenvalue weighted by molar-refractivity contribution is 0.155. The van der Waals surface area contributed by atoms with Gasteiger partial charge in [0, 0.05) is 17.9 Å². The highest BCUT2D eigenvalue weighted by atomic mass is 14.7. The monoisotopic (exact) mass is 343 g/mol. The maximum atomic E-state index is 6.28. The van der Waals surface area contributed by atoms with Gasteiger partial charge in [-0.05, 0) is 81.0 Å². The number of hydrogen-bond acceptors (Lipinski definition) is 1. The molecule has 0 radical (unpaired) electrons. The maximum absolute atomic E-state index is 6.28. The van der Waals surface area contributed by atoms with Crippen molar-refractivity contribution in [2.45, 2.75) is 97.4 Å². The second-order valence-corrected chi connectivity index (χ2v) is 9.79. The van der Waals surface area contributed by atoms with Gasteiger partial charge in [0.25, 0.3) is 0 Å². The fourth-order valence-corrected chi connectivity index (χ4v) is 6.03. The average molecular weight is 344 g/mol. The minimum Gasteiger partial charge on any atom is -0.327 e. The van der Waals surface area contributed by atoms with Crippen LogP contribution in [0.1, 0.15) is 91.4 Å². The summed E-state index contributed by atoms with van der Waals surface area (Å²) >= 11 is 0. The Kier molecular flexibility index (Phi) is 6.90. The number of hydrogen-bond donors (Lipinski definition) is 1. The van der Waals surface area contributed by atoms with Crippen LogP contribution < -0.4 is 5.73 Å². The summed E-state index contributed by atoms with van der Waals surface area (Å²) in [5, 5.41) is 0.